The Labute approximate surface area is 173 Å². The molecule has 1 unspecified atom stereocenters. The van der Waals surface area contributed by atoms with E-state index in [4.69, 9.17) is 16.3 Å². The van der Waals surface area contributed by atoms with E-state index in [2.05, 4.69) is 13.8 Å². The monoisotopic (exact) mass is 415 g/mol. The summed E-state index contributed by atoms with van der Waals surface area (Å²) < 4.78 is 8.18. The summed E-state index contributed by atoms with van der Waals surface area (Å²) >= 11 is 7.82. The molecule has 0 saturated heterocycles. The fourth-order valence-electron chi connectivity index (χ4n) is 3.79. The summed E-state index contributed by atoms with van der Waals surface area (Å²) in [5.41, 5.74) is 5.11. The first-order valence-corrected chi connectivity index (χ1v) is 10.4. The number of benzene rings is 1. The molecule has 6 heteroatoms. The Bertz CT molecular complexity index is 1080. The molecular weight excluding hydrogens is 394 g/mol. The minimum atomic E-state index is -0.367. The van der Waals surface area contributed by atoms with Crippen LogP contribution in [0.4, 0.5) is 0 Å². The quantitative estimate of drug-likeness (QED) is 0.660. The number of thiophene rings is 1. The number of rotatable bonds is 3. The second kappa shape index (κ2) is 7.48. The average Bonchev–Trinajstić information content (AvgIpc) is 2.89. The molecule has 0 spiro atoms. The van der Waals surface area contributed by atoms with Crippen LogP contribution in [0.2, 0.25) is 5.02 Å². The first-order chi connectivity index (χ1) is 13.4. The molecule has 0 fully saturated rings. The number of aliphatic hydroxyl groups is 1. The number of fused-ring (bicyclic) bond motifs is 3. The number of halogens is 1. The third kappa shape index (κ3) is 3.22. The Morgan fingerprint density at radius 1 is 1.25 bits per heavy atom. The molecule has 1 aromatic carbocycles. The molecule has 3 aromatic rings. The lowest BCUT2D eigenvalue weighted by molar-refractivity contribution is -0.00456. The Morgan fingerprint density at radius 3 is 2.64 bits per heavy atom. The molecule has 1 aliphatic heterocycles. The summed E-state index contributed by atoms with van der Waals surface area (Å²) in [6.45, 7) is 4.21. The van der Waals surface area contributed by atoms with Gasteiger partial charge in [-0.05, 0) is 42.7 Å². The lowest BCUT2D eigenvalue weighted by Crippen LogP contribution is -2.19. The zero-order chi connectivity index (χ0) is 20.0. The van der Waals surface area contributed by atoms with Crippen molar-refractivity contribution in [2.24, 2.45) is 7.05 Å². The summed E-state index contributed by atoms with van der Waals surface area (Å²) in [5.74, 6) is 0. The second-order valence-corrected chi connectivity index (χ2v) is 8.85. The SMILES string of the molecule is Cc1sc2c(c1C)C(c1ccc(Cl)cc1)O[C@@H](CCO)c1cc(=O)n(C)cc1-2. The van der Waals surface area contributed by atoms with Crippen molar-refractivity contribution in [1.29, 1.82) is 0 Å². The molecular formula is C22H22ClNO3S. The highest BCUT2D eigenvalue weighted by molar-refractivity contribution is 7.15. The van der Waals surface area contributed by atoms with Crippen LogP contribution in [0.1, 0.15) is 45.8 Å². The number of hydrogen-bond donors (Lipinski definition) is 1. The number of ether oxygens (including phenoxy) is 1. The van der Waals surface area contributed by atoms with Crippen molar-refractivity contribution in [2.45, 2.75) is 32.5 Å². The predicted octanol–water partition coefficient (Wildman–Crippen LogP) is 4.93. The number of hydrogen-bond acceptors (Lipinski definition) is 4. The normalized spacial score (nSPS) is 18.5. The standard InChI is InChI=1S/C22H22ClNO3S/c1-12-13(2)28-22-17-11-24(3)19(26)10-16(17)18(8-9-25)27-21(20(12)22)14-4-6-15(23)7-5-14/h4-7,10-11,18,21,25H,8-9H2,1-3H3/t18-,21?/m0/s1. The van der Waals surface area contributed by atoms with Crippen molar-refractivity contribution in [3.63, 3.8) is 0 Å². The van der Waals surface area contributed by atoms with Gasteiger partial charge in [0.15, 0.2) is 0 Å². The minimum absolute atomic E-state index is 0.0156. The van der Waals surface area contributed by atoms with E-state index < -0.39 is 0 Å². The Kier molecular flexibility index (Phi) is 5.19. The predicted molar refractivity (Wildman–Crippen MR) is 113 cm³/mol. The molecule has 0 aliphatic carbocycles. The zero-order valence-electron chi connectivity index (χ0n) is 16.0. The van der Waals surface area contributed by atoms with Crippen molar-refractivity contribution in [3.8, 4) is 10.4 Å². The lowest BCUT2D eigenvalue weighted by atomic mass is 9.95. The molecule has 2 aromatic heterocycles. The number of pyridine rings is 1. The molecule has 0 amide bonds. The van der Waals surface area contributed by atoms with Crippen molar-refractivity contribution < 1.29 is 9.84 Å². The van der Waals surface area contributed by atoms with Gasteiger partial charge >= 0.3 is 0 Å². The number of nitrogens with zero attached hydrogens (tertiary/aromatic N) is 1. The van der Waals surface area contributed by atoms with E-state index in [1.807, 2.05) is 30.5 Å². The van der Waals surface area contributed by atoms with E-state index in [-0.39, 0.29) is 24.4 Å². The van der Waals surface area contributed by atoms with Crippen LogP contribution in [0.25, 0.3) is 10.4 Å². The Morgan fingerprint density at radius 2 is 1.96 bits per heavy atom. The first-order valence-electron chi connectivity index (χ1n) is 9.23. The van der Waals surface area contributed by atoms with E-state index in [9.17, 15) is 9.90 Å². The summed E-state index contributed by atoms with van der Waals surface area (Å²) in [4.78, 5) is 14.7. The van der Waals surface area contributed by atoms with Gasteiger partial charge in [-0.25, -0.2) is 0 Å². The number of aryl methyl sites for hydroxylation is 2. The van der Waals surface area contributed by atoms with Gasteiger partial charge < -0.3 is 14.4 Å². The smallest absolute Gasteiger partial charge is 0.250 e. The van der Waals surface area contributed by atoms with Crippen molar-refractivity contribution >= 4 is 22.9 Å². The van der Waals surface area contributed by atoms with Gasteiger partial charge in [-0.15, -0.1) is 11.3 Å². The van der Waals surface area contributed by atoms with Gasteiger partial charge in [-0.3, -0.25) is 4.79 Å². The Balaban J connectivity index is 2.00. The summed E-state index contributed by atoms with van der Waals surface area (Å²) in [6.07, 6.45) is 1.66. The molecule has 1 N–H and O–H groups in total. The highest BCUT2D eigenvalue weighted by Gasteiger charge is 2.33. The van der Waals surface area contributed by atoms with Gasteiger partial charge in [0.1, 0.15) is 6.10 Å². The van der Waals surface area contributed by atoms with Crippen LogP contribution >= 0.6 is 22.9 Å². The molecule has 0 saturated carbocycles. The van der Waals surface area contributed by atoms with Crippen LogP contribution in [0.3, 0.4) is 0 Å². The van der Waals surface area contributed by atoms with Crippen molar-refractivity contribution in [3.05, 3.63) is 79.0 Å². The van der Waals surface area contributed by atoms with Gasteiger partial charge in [0, 0.05) is 58.2 Å². The van der Waals surface area contributed by atoms with Gasteiger partial charge in [0.2, 0.25) is 0 Å². The van der Waals surface area contributed by atoms with E-state index in [0.717, 1.165) is 27.1 Å². The van der Waals surface area contributed by atoms with Gasteiger partial charge in [0.05, 0.1) is 6.10 Å². The number of aliphatic hydroxyl groups excluding tert-OH is 1. The molecule has 3 heterocycles. The fourth-order valence-corrected chi connectivity index (χ4v) is 5.14. The molecule has 2 atom stereocenters. The maximum Gasteiger partial charge on any atom is 0.250 e. The van der Waals surface area contributed by atoms with E-state index >= 15 is 0 Å². The largest absolute Gasteiger partial charge is 0.396 e. The topological polar surface area (TPSA) is 51.5 Å². The van der Waals surface area contributed by atoms with Gasteiger partial charge in [-0.1, -0.05) is 23.7 Å². The first kappa shape index (κ1) is 19.4. The third-order valence-electron chi connectivity index (χ3n) is 5.41. The van der Waals surface area contributed by atoms with Gasteiger partial charge in [-0.2, -0.15) is 0 Å². The third-order valence-corrected chi connectivity index (χ3v) is 6.92. The van der Waals surface area contributed by atoms with Crippen molar-refractivity contribution in [1.82, 2.24) is 4.57 Å². The molecule has 0 radical (unpaired) electrons. The van der Waals surface area contributed by atoms with Crippen LogP contribution in [0.5, 0.6) is 0 Å². The van der Waals surface area contributed by atoms with Crippen LogP contribution in [0, 0.1) is 13.8 Å². The zero-order valence-corrected chi connectivity index (χ0v) is 17.6. The van der Waals surface area contributed by atoms with Crippen LogP contribution < -0.4 is 5.56 Å². The maximum atomic E-state index is 12.4. The Hall–Kier alpha value is -1.92. The van der Waals surface area contributed by atoms with Gasteiger partial charge in [0.25, 0.3) is 5.56 Å². The summed E-state index contributed by atoms with van der Waals surface area (Å²) in [5, 5.41) is 10.3. The summed E-state index contributed by atoms with van der Waals surface area (Å²) in [6, 6.07) is 9.34. The molecule has 4 nitrogen and oxygen atoms in total. The highest BCUT2D eigenvalue weighted by Crippen LogP contribution is 2.50. The van der Waals surface area contributed by atoms with Crippen LogP contribution in [0.15, 0.2) is 41.3 Å². The van der Waals surface area contributed by atoms with E-state index in [0.29, 0.717) is 11.4 Å². The molecule has 4 rings (SSSR count). The molecule has 146 valence electrons. The van der Waals surface area contributed by atoms with Crippen LogP contribution in [-0.4, -0.2) is 16.3 Å². The average molecular weight is 416 g/mol. The summed E-state index contributed by atoms with van der Waals surface area (Å²) in [7, 11) is 1.76. The minimum Gasteiger partial charge on any atom is -0.396 e. The van der Waals surface area contributed by atoms with Crippen molar-refractivity contribution in [2.75, 3.05) is 6.61 Å². The second-order valence-electron chi connectivity index (χ2n) is 7.19. The fraction of sp³-hybridized carbons (Fsp3) is 0.318. The highest BCUT2D eigenvalue weighted by atomic mass is 35.5. The molecule has 1 aliphatic rings. The molecule has 28 heavy (non-hydrogen) atoms. The lowest BCUT2D eigenvalue weighted by Gasteiger charge is -2.24. The van der Waals surface area contributed by atoms with E-state index in [1.54, 1.807) is 29.0 Å². The maximum absolute atomic E-state index is 12.4. The number of aromatic nitrogens is 1. The molecule has 0 bridgehead atoms. The van der Waals surface area contributed by atoms with E-state index in [1.165, 1.54) is 10.4 Å². The van der Waals surface area contributed by atoms with Crippen LogP contribution in [-0.2, 0) is 11.8 Å².